The Labute approximate surface area is 90.5 Å². The van der Waals surface area contributed by atoms with E-state index < -0.39 is 5.97 Å². The van der Waals surface area contributed by atoms with Crippen molar-refractivity contribution in [3.8, 4) is 17.3 Å². The zero-order valence-electron chi connectivity index (χ0n) is 8.38. The zero-order valence-corrected chi connectivity index (χ0v) is 8.38. The van der Waals surface area contributed by atoms with Gasteiger partial charge in [0.1, 0.15) is 6.26 Å². The van der Waals surface area contributed by atoms with Crippen molar-refractivity contribution >= 4 is 5.97 Å². The molecule has 0 atom stereocenters. The Bertz CT molecular complexity index is 521. The third kappa shape index (κ3) is 1.85. The summed E-state index contributed by atoms with van der Waals surface area (Å²) < 4.78 is 9.97. The fraction of sp³-hybridized carbons (Fsp3) is 0.100. The number of aromatic nitrogens is 2. The second-order valence-corrected chi connectivity index (χ2v) is 2.93. The molecule has 0 amide bonds. The van der Waals surface area contributed by atoms with E-state index in [4.69, 9.17) is 14.3 Å². The van der Waals surface area contributed by atoms with Crippen LogP contribution in [0.5, 0.6) is 5.88 Å². The summed E-state index contributed by atoms with van der Waals surface area (Å²) in [6.07, 6.45) is 2.61. The first kappa shape index (κ1) is 10.2. The summed E-state index contributed by atoms with van der Waals surface area (Å²) in [7, 11) is 1.49. The van der Waals surface area contributed by atoms with Crippen molar-refractivity contribution in [2.75, 3.05) is 7.11 Å². The van der Waals surface area contributed by atoms with Gasteiger partial charge in [-0.3, -0.25) is 0 Å². The minimum absolute atomic E-state index is 0.134. The Kier molecular flexibility index (Phi) is 2.55. The Morgan fingerprint density at radius 2 is 2.38 bits per heavy atom. The summed E-state index contributed by atoms with van der Waals surface area (Å²) in [5.74, 6) is -0.498. The molecule has 0 aliphatic rings. The molecule has 0 aliphatic heterocycles. The first-order chi connectivity index (χ1) is 7.70. The third-order valence-electron chi connectivity index (χ3n) is 1.91. The maximum absolute atomic E-state index is 10.6. The van der Waals surface area contributed by atoms with Crippen molar-refractivity contribution in [3.63, 3.8) is 0 Å². The van der Waals surface area contributed by atoms with Crippen molar-refractivity contribution in [1.82, 2.24) is 9.97 Å². The monoisotopic (exact) mass is 220 g/mol. The quantitative estimate of drug-likeness (QED) is 0.842. The first-order valence-electron chi connectivity index (χ1n) is 4.40. The number of aromatic carboxylic acids is 1. The van der Waals surface area contributed by atoms with Gasteiger partial charge >= 0.3 is 5.97 Å². The molecule has 6 heteroatoms. The maximum atomic E-state index is 10.6. The molecule has 2 aromatic rings. The molecule has 0 fully saturated rings. The van der Waals surface area contributed by atoms with Crippen molar-refractivity contribution in [2.24, 2.45) is 0 Å². The number of hydrogen-bond acceptors (Lipinski definition) is 5. The van der Waals surface area contributed by atoms with Gasteiger partial charge in [0.25, 0.3) is 0 Å². The van der Waals surface area contributed by atoms with Gasteiger partial charge in [-0.2, -0.15) is 0 Å². The van der Waals surface area contributed by atoms with E-state index in [9.17, 15) is 4.79 Å². The molecular weight excluding hydrogens is 212 g/mol. The van der Waals surface area contributed by atoms with Crippen LogP contribution in [0, 0.1) is 0 Å². The predicted octanol–water partition coefficient (Wildman–Crippen LogP) is 1.44. The molecule has 82 valence electrons. The molecule has 0 bridgehead atoms. The molecule has 1 N–H and O–H groups in total. The van der Waals surface area contributed by atoms with Gasteiger partial charge in [0.05, 0.1) is 7.11 Å². The minimum Gasteiger partial charge on any atom is -0.481 e. The summed E-state index contributed by atoms with van der Waals surface area (Å²) in [4.78, 5) is 18.3. The summed E-state index contributed by atoms with van der Waals surface area (Å²) in [5.41, 5.74) is 0.477. The van der Waals surface area contributed by atoms with Gasteiger partial charge in [0.2, 0.25) is 11.8 Å². The number of carboxylic acid groups (broad SMARTS) is 1. The highest BCUT2D eigenvalue weighted by Crippen LogP contribution is 2.21. The fourth-order valence-corrected chi connectivity index (χ4v) is 1.16. The first-order valence-corrected chi connectivity index (χ1v) is 4.40. The third-order valence-corrected chi connectivity index (χ3v) is 1.91. The molecular formula is C10H8N2O4. The van der Waals surface area contributed by atoms with Crippen LogP contribution in [0.25, 0.3) is 11.5 Å². The number of hydrogen-bond donors (Lipinski definition) is 1. The highest BCUT2D eigenvalue weighted by molar-refractivity contribution is 5.85. The largest absolute Gasteiger partial charge is 0.481 e. The van der Waals surface area contributed by atoms with E-state index in [-0.39, 0.29) is 11.6 Å². The number of rotatable bonds is 3. The number of ether oxygens (including phenoxy) is 1. The maximum Gasteiger partial charge on any atom is 0.357 e. The molecule has 0 radical (unpaired) electrons. The lowest BCUT2D eigenvalue weighted by atomic mass is 10.2. The van der Waals surface area contributed by atoms with Crippen molar-refractivity contribution < 1.29 is 19.1 Å². The minimum atomic E-state index is -1.13. The van der Waals surface area contributed by atoms with Gasteiger partial charge in [-0.25, -0.2) is 14.8 Å². The SMILES string of the molecule is COc1cc(-c2nc(C(=O)O)co2)ccn1. The number of oxazole rings is 1. The molecule has 6 nitrogen and oxygen atoms in total. The van der Waals surface area contributed by atoms with E-state index in [0.717, 1.165) is 6.26 Å². The van der Waals surface area contributed by atoms with Crippen LogP contribution in [-0.4, -0.2) is 28.2 Å². The average Bonchev–Trinajstić information content (AvgIpc) is 2.78. The Hall–Kier alpha value is -2.37. The Morgan fingerprint density at radius 1 is 1.56 bits per heavy atom. The van der Waals surface area contributed by atoms with E-state index >= 15 is 0 Å². The summed E-state index contributed by atoms with van der Waals surface area (Å²) >= 11 is 0. The van der Waals surface area contributed by atoms with Crippen molar-refractivity contribution in [1.29, 1.82) is 0 Å². The van der Waals surface area contributed by atoms with Crippen LogP contribution in [0.15, 0.2) is 29.0 Å². The van der Waals surface area contributed by atoms with Gasteiger partial charge in [-0.1, -0.05) is 0 Å². The smallest absolute Gasteiger partial charge is 0.357 e. The summed E-state index contributed by atoms with van der Waals surface area (Å²) in [6, 6.07) is 3.26. The van der Waals surface area contributed by atoms with E-state index in [1.54, 1.807) is 12.1 Å². The Balaban J connectivity index is 2.38. The van der Waals surface area contributed by atoms with Crippen LogP contribution in [0.3, 0.4) is 0 Å². The van der Waals surface area contributed by atoms with Crippen molar-refractivity contribution in [3.05, 3.63) is 30.3 Å². The van der Waals surface area contributed by atoms with Crippen LogP contribution < -0.4 is 4.74 Å². The predicted molar refractivity (Wildman–Crippen MR) is 53.2 cm³/mol. The Morgan fingerprint density at radius 3 is 3.00 bits per heavy atom. The molecule has 0 aliphatic carbocycles. The van der Waals surface area contributed by atoms with Gasteiger partial charge in [0, 0.05) is 17.8 Å². The highest BCUT2D eigenvalue weighted by atomic mass is 16.5. The molecule has 0 spiro atoms. The molecule has 2 aromatic heterocycles. The lowest BCUT2D eigenvalue weighted by molar-refractivity contribution is 0.0690. The number of methoxy groups -OCH3 is 1. The normalized spacial score (nSPS) is 10.1. The summed E-state index contributed by atoms with van der Waals surface area (Å²) in [5, 5.41) is 8.69. The molecule has 16 heavy (non-hydrogen) atoms. The van der Waals surface area contributed by atoms with E-state index in [1.807, 2.05) is 0 Å². The van der Waals surface area contributed by atoms with Gasteiger partial charge in [0.15, 0.2) is 5.69 Å². The molecule has 2 heterocycles. The lowest BCUT2D eigenvalue weighted by Crippen LogP contribution is -1.95. The van der Waals surface area contributed by atoms with Gasteiger partial charge in [-0.05, 0) is 6.07 Å². The second-order valence-electron chi connectivity index (χ2n) is 2.93. The van der Waals surface area contributed by atoms with E-state index in [2.05, 4.69) is 9.97 Å². The number of carbonyl (C=O) groups is 1. The molecule has 0 saturated heterocycles. The van der Waals surface area contributed by atoms with Crippen LogP contribution in [0.2, 0.25) is 0 Å². The molecule has 0 aromatic carbocycles. The van der Waals surface area contributed by atoms with Crippen LogP contribution in [-0.2, 0) is 0 Å². The fourth-order valence-electron chi connectivity index (χ4n) is 1.16. The van der Waals surface area contributed by atoms with E-state index in [1.165, 1.54) is 13.3 Å². The van der Waals surface area contributed by atoms with Gasteiger partial charge in [-0.15, -0.1) is 0 Å². The number of carboxylic acids is 1. The van der Waals surface area contributed by atoms with Crippen LogP contribution in [0.1, 0.15) is 10.5 Å². The molecule has 2 rings (SSSR count). The van der Waals surface area contributed by atoms with Crippen LogP contribution >= 0.6 is 0 Å². The topological polar surface area (TPSA) is 85.5 Å². The standard InChI is InChI=1S/C10H8N2O4/c1-15-8-4-6(2-3-11-8)9-12-7(5-16-9)10(13)14/h2-5H,1H3,(H,13,14). The molecule has 0 unspecified atom stereocenters. The zero-order chi connectivity index (χ0) is 11.5. The highest BCUT2D eigenvalue weighted by Gasteiger charge is 2.12. The number of nitrogens with zero attached hydrogens (tertiary/aromatic N) is 2. The van der Waals surface area contributed by atoms with Crippen LogP contribution in [0.4, 0.5) is 0 Å². The van der Waals surface area contributed by atoms with E-state index in [0.29, 0.717) is 11.4 Å². The second kappa shape index (κ2) is 4.01. The number of pyridine rings is 1. The average molecular weight is 220 g/mol. The molecule has 0 saturated carbocycles. The van der Waals surface area contributed by atoms with Crippen molar-refractivity contribution in [2.45, 2.75) is 0 Å². The summed E-state index contributed by atoms with van der Waals surface area (Å²) in [6.45, 7) is 0. The van der Waals surface area contributed by atoms with Gasteiger partial charge < -0.3 is 14.3 Å². The lowest BCUT2D eigenvalue weighted by Gasteiger charge is -1.98.